The Morgan fingerprint density at radius 2 is 1.91 bits per heavy atom. The van der Waals surface area contributed by atoms with Crippen LogP contribution in [0.3, 0.4) is 0 Å². The topological polar surface area (TPSA) is 119 Å². The highest BCUT2D eigenvalue weighted by atomic mass is 35.5. The van der Waals surface area contributed by atoms with Gasteiger partial charge in [0.2, 0.25) is 5.91 Å². The van der Waals surface area contributed by atoms with E-state index in [1.54, 1.807) is 19.2 Å². The van der Waals surface area contributed by atoms with Crippen molar-refractivity contribution in [3.8, 4) is 0 Å². The van der Waals surface area contributed by atoms with Crippen LogP contribution in [0.5, 0.6) is 0 Å². The van der Waals surface area contributed by atoms with Gasteiger partial charge in [-0.15, -0.1) is 0 Å². The van der Waals surface area contributed by atoms with Crippen molar-refractivity contribution < 1.29 is 23.1 Å². The number of benzene rings is 2. The fraction of sp³-hybridized carbons (Fsp3) is 0.261. The summed E-state index contributed by atoms with van der Waals surface area (Å²) in [4.78, 5) is 30.6. The van der Waals surface area contributed by atoms with E-state index >= 15 is 0 Å². The summed E-state index contributed by atoms with van der Waals surface area (Å²) in [6.07, 6.45) is 1.86. The molecule has 35 heavy (non-hydrogen) atoms. The van der Waals surface area contributed by atoms with Crippen LogP contribution >= 0.6 is 23.2 Å². The number of hydrogen-bond donors (Lipinski definition) is 2. The molecule has 2 aromatic carbocycles. The van der Waals surface area contributed by atoms with Gasteiger partial charge in [-0.1, -0.05) is 59.6 Å². The Balaban J connectivity index is 1.48. The lowest BCUT2D eigenvalue weighted by Crippen LogP contribution is -2.33. The molecular weight excluding hydrogens is 515 g/mol. The van der Waals surface area contributed by atoms with Gasteiger partial charge in [0.15, 0.2) is 9.84 Å². The third-order valence-electron chi connectivity index (χ3n) is 5.15. The molecule has 2 N–H and O–H groups in total. The van der Waals surface area contributed by atoms with Crippen LogP contribution in [-0.2, 0) is 21.2 Å². The number of aliphatic imine (C=N–C) groups is 1. The van der Waals surface area contributed by atoms with Crippen molar-refractivity contribution in [2.45, 2.75) is 11.4 Å². The lowest BCUT2D eigenvalue weighted by Gasteiger charge is -2.17. The molecule has 0 atom stereocenters. The Hall–Kier alpha value is -2.92. The van der Waals surface area contributed by atoms with Gasteiger partial charge in [0, 0.05) is 31.8 Å². The van der Waals surface area contributed by atoms with E-state index in [9.17, 15) is 23.1 Å². The minimum Gasteiger partial charge on any atom is -0.465 e. The van der Waals surface area contributed by atoms with Crippen LogP contribution in [-0.4, -0.2) is 73.7 Å². The van der Waals surface area contributed by atoms with Crippen molar-refractivity contribution in [3.05, 3.63) is 75.8 Å². The Morgan fingerprint density at radius 3 is 2.60 bits per heavy atom. The minimum atomic E-state index is -3.69. The van der Waals surface area contributed by atoms with Crippen LogP contribution in [0.25, 0.3) is 0 Å². The summed E-state index contributed by atoms with van der Waals surface area (Å²) < 4.78 is 24.9. The van der Waals surface area contributed by atoms with E-state index in [0.29, 0.717) is 31.0 Å². The number of halogens is 2. The number of likely N-dealkylation sites (N-methyl/N-ethyl adjacent to an activating group) is 1. The summed E-state index contributed by atoms with van der Waals surface area (Å²) >= 11 is 11.9. The van der Waals surface area contributed by atoms with Gasteiger partial charge in [-0.25, -0.2) is 13.2 Å². The van der Waals surface area contributed by atoms with Crippen LogP contribution < -0.4 is 5.32 Å². The second-order valence-corrected chi connectivity index (χ2v) is 10.4. The molecule has 0 spiro atoms. The predicted octanol–water partition coefficient (Wildman–Crippen LogP) is 3.27. The van der Waals surface area contributed by atoms with E-state index in [-0.39, 0.29) is 33.3 Å². The Kier molecular flexibility index (Phi) is 8.90. The highest BCUT2D eigenvalue weighted by Crippen LogP contribution is 2.29. The third kappa shape index (κ3) is 6.82. The zero-order valence-corrected chi connectivity index (χ0v) is 21.1. The Morgan fingerprint density at radius 1 is 1.20 bits per heavy atom. The molecule has 0 bridgehead atoms. The van der Waals surface area contributed by atoms with Crippen molar-refractivity contribution in [1.29, 1.82) is 0 Å². The molecule has 0 saturated carbocycles. The Labute approximate surface area is 213 Å². The number of rotatable bonds is 9. The smallest absolute Gasteiger partial charge is 0.413 e. The molecule has 3 rings (SSSR count). The van der Waals surface area contributed by atoms with Crippen LogP contribution in [0.2, 0.25) is 10.0 Å². The molecule has 1 aliphatic rings. The number of nitrogens with zero attached hydrogens (tertiary/aromatic N) is 3. The lowest BCUT2D eigenvalue weighted by atomic mass is 10.1. The molecule has 2 aromatic rings. The quantitative estimate of drug-likeness (QED) is 0.373. The summed E-state index contributed by atoms with van der Waals surface area (Å²) in [6.45, 7) is 1.27. The zero-order valence-electron chi connectivity index (χ0n) is 18.8. The third-order valence-corrected chi connectivity index (χ3v) is 7.67. The van der Waals surface area contributed by atoms with E-state index in [2.05, 4.69) is 10.3 Å². The van der Waals surface area contributed by atoms with Gasteiger partial charge in [0.25, 0.3) is 0 Å². The van der Waals surface area contributed by atoms with Crippen LogP contribution in [0.1, 0.15) is 11.1 Å². The molecule has 0 unspecified atom stereocenters. The minimum absolute atomic E-state index is 0.0215. The fourth-order valence-corrected chi connectivity index (χ4v) is 5.28. The van der Waals surface area contributed by atoms with E-state index in [1.165, 1.54) is 40.2 Å². The maximum Gasteiger partial charge on any atom is 0.413 e. The van der Waals surface area contributed by atoms with Gasteiger partial charge in [-0.2, -0.15) is 0 Å². The molecule has 12 heteroatoms. The molecule has 2 amide bonds. The fourth-order valence-electron chi connectivity index (χ4n) is 3.36. The first kappa shape index (κ1) is 26.7. The molecule has 9 nitrogen and oxygen atoms in total. The van der Waals surface area contributed by atoms with Gasteiger partial charge in [0.05, 0.1) is 28.0 Å². The summed E-state index contributed by atoms with van der Waals surface area (Å²) in [7, 11) is -2.04. The zero-order chi connectivity index (χ0) is 25.6. The second kappa shape index (κ2) is 11.7. The molecular formula is C23H24Cl2N4O5S. The van der Waals surface area contributed by atoms with Gasteiger partial charge < -0.3 is 10.0 Å². The van der Waals surface area contributed by atoms with Crippen LogP contribution in [0, 0.1) is 0 Å². The largest absolute Gasteiger partial charge is 0.465 e. The maximum atomic E-state index is 12.4. The van der Waals surface area contributed by atoms with Crippen molar-refractivity contribution in [3.63, 3.8) is 0 Å². The Bertz CT molecular complexity index is 1260. The number of nitrogens with one attached hydrogen (secondary N) is 1. The van der Waals surface area contributed by atoms with Gasteiger partial charge in [-0.3, -0.25) is 20.0 Å². The molecule has 186 valence electrons. The van der Waals surface area contributed by atoms with Crippen LogP contribution in [0.4, 0.5) is 4.79 Å². The first-order valence-electron chi connectivity index (χ1n) is 10.5. The van der Waals surface area contributed by atoms with Crippen molar-refractivity contribution >= 4 is 50.9 Å². The highest BCUT2D eigenvalue weighted by molar-refractivity contribution is 7.91. The molecule has 0 radical (unpaired) electrons. The maximum absolute atomic E-state index is 12.4. The number of amides is 2. The van der Waals surface area contributed by atoms with Gasteiger partial charge >= 0.3 is 6.09 Å². The normalized spacial score (nSPS) is 13.8. The van der Waals surface area contributed by atoms with Crippen LogP contribution in [0.15, 0.2) is 64.5 Å². The number of carbonyl (C=O) groups excluding carboxylic acids is 1. The van der Waals surface area contributed by atoms with E-state index in [0.717, 1.165) is 5.56 Å². The van der Waals surface area contributed by atoms with Gasteiger partial charge in [-0.05, 0) is 17.7 Å². The second-order valence-electron chi connectivity index (χ2n) is 7.70. The highest BCUT2D eigenvalue weighted by Gasteiger charge is 2.24. The summed E-state index contributed by atoms with van der Waals surface area (Å²) in [5, 5.41) is 12.1. The number of hydrogen-bond acceptors (Lipinski definition) is 6. The number of carboxylic acid groups (broad SMARTS) is 1. The first-order chi connectivity index (χ1) is 16.6. The summed E-state index contributed by atoms with van der Waals surface area (Å²) in [5.74, 6) is -0.198. The number of carbonyl (C=O) groups is 2. The SMILES string of the molecule is CN(Cc1ccc(C2=NCCN2C(=O)O)cc1)C(=O)C=CCNCS(=O)(=O)c1cccc(Cl)c1Cl. The van der Waals surface area contributed by atoms with Crippen molar-refractivity contribution in [1.82, 2.24) is 15.1 Å². The number of amidine groups is 1. The van der Waals surface area contributed by atoms with Gasteiger partial charge in [0.1, 0.15) is 11.7 Å². The van der Waals surface area contributed by atoms with E-state index < -0.39 is 15.9 Å². The average molecular weight is 539 g/mol. The molecule has 0 fully saturated rings. The molecule has 1 aliphatic heterocycles. The summed E-state index contributed by atoms with van der Waals surface area (Å²) in [5.41, 5.74) is 1.56. The van der Waals surface area contributed by atoms with Crippen molar-refractivity contribution in [2.24, 2.45) is 4.99 Å². The monoisotopic (exact) mass is 538 g/mol. The van der Waals surface area contributed by atoms with E-state index in [1.807, 2.05) is 12.1 Å². The predicted molar refractivity (Wildman–Crippen MR) is 135 cm³/mol. The number of sulfone groups is 1. The molecule has 1 heterocycles. The lowest BCUT2D eigenvalue weighted by molar-refractivity contribution is -0.125. The molecule has 0 saturated heterocycles. The first-order valence-corrected chi connectivity index (χ1v) is 12.9. The molecule has 0 aliphatic carbocycles. The van der Waals surface area contributed by atoms with Crippen molar-refractivity contribution in [2.75, 3.05) is 32.6 Å². The van der Waals surface area contributed by atoms with E-state index in [4.69, 9.17) is 23.2 Å². The summed E-state index contributed by atoms with van der Waals surface area (Å²) in [6, 6.07) is 11.6. The average Bonchev–Trinajstić information content (AvgIpc) is 3.31. The standard InChI is InChI=1S/C23H24Cl2N4O5S/c1-28(14-16-7-9-17(10-8-16)22-27-12-13-29(22)23(31)32)20(30)6-3-11-26-15-35(33,34)19-5-2-4-18(24)21(19)25/h2-10,26H,11-15H2,1H3,(H,31,32). The molecule has 0 aromatic heterocycles.